The first-order chi connectivity index (χ1) is 10.9. The first-order valence-electron chi connectivity index (χ1n) is 8.89. The maximum atomic E-state index is 12.9. The molecule has 2 bridgehead atoms. The number of hydrogen-bond acceptors (Lipinski definition) is 5. The normalized spacial score (nSPS) is 52.3. The first-order valence-corrected chi connectivity index (χ1v) is 8.89. The lowest BCUT2D eigenvalue weighted by Gasteiger charge is -2.61. The molecule has 1 saturated carbocycles. The number of amides is 1. The lowest BCUT2D eigenvalue weighted by Crippen LogP contribution is -2.75. The van der Waals surface area contributed by atoms with Crippen LogP contribution in [0.2, 0.25) is 0 Å². The van der Waals surface area contributed by atoms with Gasteiger partial charge in [0.2, 0.25) is 11.7 Å². The Labute approximate surface area is 137 Å². The third-order valence-corrected chi connectivity index (χ3v) is 6.70. The van der Waals surface area contributed by atoms with Gasteiger partial charge < -0.3 is 14.7 Å². The van der Waals surface area contributed by atoms with Gasteiger partial charge in [-0.25, -0.2) is 9.78 Å². The van der Waals surface area contributed by atoms with E-state index in [0.717, 1.165) is 25.7 Å². The van der Waals surface area contributed by atoms with Gasteiger partial charge in [-0.1, -0.05) is 13.8 Å². The molecule has 5 aliphatic rings. The minimum atomic E-state index is -0.813. The van der Waals surface area contributed by atoms with Gasteiger partial charge in [0, 0.05) is 24.8 Å². The zero-order chi connectivity index (χ0) is 16.4. The molecular formula is C17H27NO5. The molecule has 1 amide bonds. The van der Waals surface area contributed by atoms with Crippen LogP contribution in [0.3, 0.4) is 0 Å². The Morgan fingerprint density at radius 1 is 1.22 bits per heavy atom. The van der Waals surface area contributed by atoms with Gasteiger partial charge in [-0.15, -0.1) is 0 Å². The zero-order valence-corrected chi connectivity index (χ0v) is 14.2. The quantitative estimate of drug-likeness (QED) is 0.782. The van der Waals surface area contributed by atoms with E-state index in [-0.39, 0.29) is 30.9 Å². The fourth-order valence-corrected chi connectivity index (χ4v) is 5.49. The highest BCUT2D eigenvalue weighted by Gasteiger charge is 2.70. The fourth-order valence-electron chi connectivity index (χ4n) is 5.49. The number of aliphatic hydroxyl groups excluding tert-OH is 1. The van der Waals surface area contributed by atoms with Crippen LogP contribution < -0.4 is 0 Å². The summed E-state index contributed by atoms with van der Waals surface area (Å²) < 4.78 is 6.31. The maximum Gasteiger partial charge on any atom is 0.227 e. The molecule has 5 rings (SSSR count). The van der Waals surface area contributed by atoms with Crippen molar-refractivity contribution in [1.29, 1.82) is 0 Å². The predicted octanol–water partition coefficient (Wildman–Crippen LogP) is 1.67. The van der Waals surface area contributed by atoms with Crippen LogP contribution in [-0.4, -0.2) is 46.7 Å². The highest BCUT2D eigenvalue weighted by atomic mass is 17.3. The van der Waals surface area contributed by atoms with Crippen LogP contribution >= 0.6 is 0 Å². The third-order valence-electron chi connectivity index (χ3n) is 6.70. The number of hydrogen-bond donors (Lipinski definition) is 1. The summed E-state index contributed by atoms with van der Waals surface area (Å²) >= 11 is 0. The lowest BCUT2D eigenvalue weighted by molar-refractivity contribution is -0.547. The van der Waals surface area contributed by atoms with Crippen LogP contribution in [0.25, 0.3) is 0 Å². The summed E-state index contributed by atoms with van der Waals surface area (Å²) in [5.74, 6) is 0.0469. The van der Waals surface area contributed by atoms with Crippen molar-refractivity contribution in [3.05, 3.63) is 0 Å². The lowest BCUT2D eigenvalue weighted by atomic mass is 9.57. The molecule has 23 heavy (non-hydrogen) atoms. The monoisotopic (exact) mass is 325 g/mol. The summed E-state index contributed by atoms with van der Waals surface area (Å²) in [6.45, 7) is 6.35. The van der Waals surface area contributed by atoms with E-state index in [9.17, 15) is 9.90 Å². The van der Waals surface area contributed by atoms with E-state index in [4.69, 9.17) is 14.5 Å². The van der Waals surface area contributed by atoms with Crippen LogP contribution in [0.4, 0.5) is 0 Å². The van der Waals surface area contributed by atoms with Crippen molar-refractivity contribution in [3.8, 4) is 0 Å². The second-order valence-electron chi connectivity index (χ2n) is 7.97. The average Bonchev–Trinajstić information content (AvgIpc) is 2.76. The molecule has 1 aliphatic carbocycles. The Morgan fingerprint density at radius 2 is 2.00 bits per heavy atom. The summed E-state index contributed by atoms with van der Waals surface area (Å²) in [7, 11) is 0. The highest BCUT2D eigenvalue weighted by molar-refractivity contribution is 5.80. The van der Waals surface area contributed by atoms with Crippen LogP contribution in [0.5, 0.6) is 0 Å². The molecule has 5 unspecified atom stereocenters. The second kappa shape index (κ2) is 5.15. The predicted molar refractivity (Wildman–Crippen MR) is 80.8 cm³/mol. The molecule has 6 nitrogen and oxygen atoms in total. The molecule has 6 heteroatoms. The number of nitrogens with zero attached hydrogens (tertiary/aromatic N) is 1. The number of carbonyl (C=O) groups excluding carboxylic acids is 1. The van der Waals surface area contributed by atoms with Crippen LogP contribution in [0.1, 0.15) is 46.5 Å². The molecule has 130 valence electrons. The van der Waals surface area contributed by atoms with E-state index in [0.29, 0.717) is 11.8 Å². The van der Waals surface area contributed by atoms with Crippen molar-refractivity contribution in [1.82, 2.24) is 4.90 Å². The number of fused-ring (bicyclic) bond motifs is 2. The molecule has 4 aliphatic heterocycles. The van der Waals surface area contributed by atoms with Gasteiger partial charge in [-0.3, -0.25) is 4.79 Å². The molecule has 4 saturated heterocycles. The molecule has 0 radical (unpaired) electrons. The third kappa shape index (κ3) is 1.98. The second-order valence-corrected chi connectivity index (χ2v) is 7.97. The first kappa shape index (κ1) is 15.8. The summed E-state index contributed by atoms with van der Waals surface area (Å²) in [6, 6.07) is 0. The van der Waals surface area contributed by atoms with Crippen molar-refractivity contribution < 1.29 is 24.4 Å². The molecular weight excluding hydrogens is 298 g/mol. The smallest absolute Gasteiger partial charge is 0.227 e. The SMILES string of the molecule is CC1CCC2[C@@H](C)C(=O)N(CCO)C3O[C@]4(C)CCC1C23OO4. The molecule has 5 fully saturated rings. The number of aliphatic hydroxyl groups is 1. The minimum Gasteiger partial charge on any atom is -0.395 e. The van der Waals surface area contributed by atoms with Crippen LogP contribution in [0.15, 0.2) is 0 Å². The Morgan fingerprint density at radius 3 is 2.74 bits per heavy atom. The molecule has 1 spiro atoms. The Hall–Kier alpha value is -0.690. The van der Waals surface area contributed by atoms with Gasteiger partial charge >= 0.3 is 0 Å². The Balaban J connectivity index is 1.85. The summed E-state index contributed by atoms with van der Waals surface area (Å²) in [6.07, 6.45) is 3.36. The van der Waals surface area contributed by atoms with Crippen molar-refractivity contribution >= 4 is 5.91 Å². The maximum absolute atomic E-state index is 12.9. The van der Waals surface area contributed by atoms with E-state index in [1.54, 1.807) is 4.90 Å². The summed E-state index contributed by atoms with van der Waals surface area (Å²) in [5.41, 5.74) is -0.601. The van der Waals surface area contributed by atoms with E-state index < -0.39 is 17.6 Å². The number of likely N-dealkylation sites (tertiary alicyclic amines) is 1. The van der Waals surface area contributed by atoms with Crippen molar-refractivity contribution in [2.24, 2.45) is 23.7 Å². The van der Waals surface area contributed by atoms with E-state index in [1.165, 1.54) is 0 Å². The number of carbonyl (C=O) groups is 1. The van der Waals surface area contributed by atoms with Gasteiger partial charge in [0.25, 0.3) is 0 Å². The van der Waals surface area contributed by atoms with E-state index in [1.807, 2.05) is 13.8 Å². The fraction of sp³-hybridized carbons (Fsp3) is 0.941. The average molecular weight is 325 g/mol. The molecule has 7 atom stereocenters. The molecule has 0 aromatic heterocycles. The minimum absolute atomic E-state index is 0.0627. The number of ether oxygens (including phenoxy) is 1. The Kier molecular flexibility index (Phi) is 3.54. The number of rotatable bonds is 2. The van der Waals surface area contributed by atoms with E-state index in [2.05, 4.69) is 6.92 Å². The van der Waals surface area contributed by atoms with Crippen LogP contribution in [0, 0.1) is 23.7 Å². The standard InChI is InChI=1S/C17H27NO5/c1-10-4-5-13-11(2)14(20)18(8-9-19)15-17(13)12(10)6-7-16(3,21-15)22-23-17/h10-13,15,19H,4-9H2,1-3H3/t10?,11-,12?,13?,15?,16+,17?/m1/s1. The summed E-state index contributed by atoms with van der Waals surface area (Å²) in [4.78, 5) is 26.4. The topological polar surface area (TPSA) is 68.2 Å². The number of β-amino-alcohol motifs (C(OH)–C–C–N with tert-alkyl or cyclic N) is 1. The van der Waals surface area contributed by atoms with Gasteiger partial charge in [0.05, 0.1) is 6.61 Å². The van der Waals surface area contributed by atoms with Gasteiger partial charge in [-0.2, -0.15) is 0 Å². The molecule has 0 aromatic rings. The van der Waals surface area contributed by atoms with Crippen molar-refractivity contribution in [2.75, 3.05) is 13.2 Å². The van der Waals surface area contributed by atoms with Gasteiger partial charge in [0.15, 0.2) is 11.8 Å². The summed E-state index contributed by atoms with van der Waals surface area (Å²) in [5, 5.41) is 9.45. The van der Waals surface area contributed by atoms with Crippen molar-refractivity contribution in [3.63, 3.8) is 0 Å². The van der Waals surface area contributed by atoms with Gasteiger partial charge in [0.1, 0.15) is 0 Å². The van der Waals surface area contributed by atoms with Crippen LogP contribution in [-0.2, 0) is 19.3 Å². The van der Waals surface area contributed by atoms with E-state index >= 15 is 0 Å². The van der Waals surface area contributed by atoms with Gasteiger partial charge in [-0.05, 0) is 38.0 Å². The Bertz CT molecular complexity index is 513. The molecule has 0 aromatic carbocycles. The van der Waals surface area contributed by atoms with Crippen molar-refractivity contribution in [2.45, 2.75) is 64.1 Å². The number of piperidine rings is 1. The molecule has 4 heterocycles. The highest BCUT2D eigenvalue weighted by Crippen LogP contribution is 2.60. The molecule has 1 N–H and O–H groups in total. The largest absolute Gasteiger partial charge is 0.395 e. The zero-order valence-electron chi connectivity index (χ0n) is 14.2.